The lowest BCUT2D eigenvalue weighted by molar-refractivity contribution is -0.131. The van der Waals surface area contributed by atoms with E-state index in [1.165, 1.54) is 6.92 Å². The van der Waals surface area contributed by atoms with Crippen LogP contribution < -0.4 is 0 Å². The average molecular weight is 363 g/mol. The summed E-state index contributed by atoms with van der Waals surface area (Å²) in [6, 6.07) is -1.23. The topological polar surface area (TPSA) is 71.5 Å². The SMILES string of the molecule is CC(=O)C1=C[C@@]2(C(C)=O)[C@H]3C=C[C@H](CC3)[C@H]2N1S(=O)(=O)C(F)(F)F. The fourth-order valence-corrected chi connectivity index (χ4v) is 5.59. The maximum absolute atomic E-state index is 13.2. The van der Waals surface area contributed by atoms with Crippen molar-refractivity contribution in [2.24, 2.45) is 17.3 Å². The maximum Gasteiger partial charge on any atom is 0.516 e. The van der Waals surface area contributed by atoms with Crippen LogP contribution in [0.25, 0.3) is 0 Å². The third-order valence-electron chi connectivity index (χ3n) is 5.30. The van der Waals surface area contributed by atoms with Crippen molar-refractivity contribution < 1.29 is 31.2 Å². The molecule has 4 aliphatic rings. The molecule has 1 fully saturated rings. The van der Waals surface area contributed by atoms with Gasteiger partial charge in [0.15, 0.2) is 5.78 Å². The number of carbonyl (C=O) groups excluding carboxylic acids is 2. The van der Waals surface area contributed by atoms with Gasteiger partial charge in [-0.3, -0.25) is 13.9 Å². The molecule has 3 aliphatic carbocycles. The molecule has 4 rings (SSSR count). The highest BCUT2D eigenvalue weighted by atomic mass is 32.2. The Kier molecular flexibility index (Phi) is 3.53. The Labute approximate surface area is 137 Å². The first-order chi connectivity index (χ1) is 10.9. The van der Waals surface area contributed by atoms with Crippen LogP contribution >= 0.6 is 0 Å². The predicted molar refractivity (Wildman–Crippen MR) is 77.8 cm³/mol. The van der Waals surface area contributed by atoms with Crippen molar-refractivity contribution in [1.82, 2.24) is 4.31 Å². The summed E-state index contributed by atoms with van der Waals surface area (Å²) in [6.07, 6.45) is 5.62. The van der Waals surface area contributed by atoms with Gasteiger partial charge in [-0.05, 0) is 37.7 Å². The molecule has 4 atom stereocenters. The smallest absolute Gasteiger partial charge is 0.299 e. The Balaban J connectivity index is 2.28. The first-order valence-electron chi connectivity index (χ1n) is 7.48. The van der Waals surface area contributed by atoms with Gasteiger partial charge in [0.25, 0.3) is 0 Å². The fraction of sp³-hybridized carbons (Fsp3) is 0.600. The van der Waals surface area contributed by atoms with Crippen molar-refractivity contribution in [3.63, 3.8) is 0 Å². The van der Waals surface area contributed by atoms with Gasteiger partial charge in [-0.25, -0.2) is 0 Å². The van der Waals surface area contributed by atoms with Crippen LogP contribution in [0.5, 0.6) is 0 Å². The first-order valence-corrected chi connectivity index (χ1v) is 8.92. The first kappa shape index (κ1) is 17.2. The molecule has 0 aromatic heterocycles. The van der Waals surface area contributed by atoms with Crippen LogP contribution in [0.15, 0.2) is 23.9 Å². The Bertz CT molecular complexity index is 783. The van der Waals surface area contributed by atoms with Gasteiger partial charge in [-0.15, -0.1) is 0 Å². The van der Waals surface area contributed by atoms with Crippen LogP contribution in [-0.2, 0) is 19.6 Å². The third kappa shape index (κ3) is 1.96. The van der Waals surface area contributed by atoms with Gasteiger partial charge in [0.1, 0.15) is 5.78 Å². The Hall–Kier alpha value is -1.64. The van der Waals surface area contributed by atoms with Crippen molar-refractivity contribution >= 4 is 21.6 Å². The molecule has 0 spiro atoms. The maximum atomic E-state index is 13.2. The normalized spacial score (nSPS) is 35.0. The van der Waals surface area contributed by atoms with Crippen molar-refractivity contribution in [1.29, 1.82) is 0 Å². The van der Waals surface area contributed by atoms with Gasteiger partial charge >= 0.3 is 15.5 Å². The van der Waals surface area contributed by atoms with E-state index in [0.717, 1.165) is 13.0 Å². The number of nitrogens with zero attached hydrogens (tertiary/aromatic N) is 1. The summed E-state index contributed by atoms with van der Waals surface area (Å²) >= 11 is 0. The van der Waals surface area contributed by atoms with E-state index in [2.05, 4.69) is 0 Å². The number of carbonyl (C=O) groups is 2. The molecule has 0 aromatic rings. The summed E-state index contributed by atoms with van der Waals surface area (Å²) in [5.41, 5.74) is -7.51. The minimum absolute atomic E-state index is 0.164. The number of Topliss-reactive ketones (excluding diaryl/α,β-unsaturated/α-hetero) is 2. The Morgan fingerprint density at radius 3 is 2.25 bits per heavy atom. The van der Waals surface area contributed by atoms with Crippen LogP contribution in [0.1, 0.15) is 26.7 Å². The molecule has 2 bridgehead atoms. The van der Waals surface area contributed by atoms with E-state index in [-0.39, 0.29) is 4.31 Å². The molecular formula is C15H16F3NO4S. The van der Waals surface area contributed by atoms with Crippen LogP contribution in [0.4, 0.5) is 13.2 Å². The summed E-state index contributed by atoms with van der Waals surface area (Å²) in [6.45, 7) is 2.24. The van der Waals surface area contributed by atoms with Crippen LogP contribution in [0.2, 0.25) is 0 Å². The summed E-state index contributed by atoms with van der Waals surface area (Å²) in [5.74, 6) is -2.18. The van der Waals surface area contributed by atoms with Crippen LogP contribution in [-0.4, -0.2) is 35.8 Å². The quantitative estimate of drug-likeness (QED) is 0.721. The number of rotatable bonds is 3. The number of halogens is 3. The van der Waals surface area contributed by atoms with E-state index in [4.69, 9.17) is 0 Å². The van der Waals surface area contributed by atoms with E-state index in [1.807, 2.05) is 0 Å². The highest BCUT2D eigenvalue weighted by Crippen LogP contribution is 2.58. The van der Waals surface area contributed by atoms with Crippen LogP contribution in [0.3, 0.4) is 0 Å². The van der Waals surface area contributed by atoms with Gasteiger partial charge in [0.2, 0.25) is 0 Å². The molecule has 9 heteroatoms. The van der Waals surface area contributed by atoms with E-state index in [9.17, 15) is 31.2 Å². The minimum atomic E-state index is -5.78. The molecular weight excluding hydrogens is 347 g/mol. The second-order valence-corrected chi connectivity index (χ2v) is 8.31. The molecule has 1 aliphatic heterocycles. The highest BCUT2D eigenvalue weighted by Gasteiger charge is 2.66. The summed E-state index contributed by atoms with van der Waals surface area (Å²) in [4.78, 5) is 24.3. The molecule has 24 heavy (non-hydrogen) atoms. The van der Waals surface area contributed by atoms with Crippen molar-refractivity contribution in [2.75, 3.05) is 0 Å². The molecule has 0 unspecified atom stereocenters. The zero-order valence-corrected chi connectivity index (χ0v) is 13.8. The average Bonchev–Trinajstić information content (AvgIpc) is 2.87. The largest absolute Gasteiger partial charge is 0.516 e. The number of sulfonamides is 1. The van der Waals surface area contributed by atoms with Gasteiger partial charge in [-0.1, -0.05) is 12.2 Å². The fourth-order valence-electron chi connectivity index (χ4n) is 4.29. The zero-order chi connectivity index (χ0) is 18.1. The molecule has 0 aromatic carbocycles. The molecule has 1 saturated carbocycles. The van der Waals surface area contributed by atoms with Gasteiger partial charge in [0.05, 0.1) is 17.2 Å². The summed E-state index contributed by atoms with van der Waals surface area (Å²) in [5, 5.41) is 0. The number of hydrogen-bond donors (Lipinski definition) is 0. The Morgan fingerprint density at radius 1 is 1.21 bits per heavy atom. The monoisotopic (exact) mass is 363 g/mol. The van der Waals surface area contributed by atoms with Crippen molar-refractivity contribution in [2.45, 2.75) is 38.2 Å². The number of fused-ring (bicyclic) bond motifs is 1. The van der Waals surface area contributed by atoms with Gasteiger partial charge < -0.3 is 0 Å². The summed E-state index contributed by atoms with van der Waals surface area (Å²) < 4.78 is 64.0. The van der Waals surface area contributed by atoms with E-state index in [1.54, 1.807) is 12.2 Å². The number of allylic oxidation sites excluding steroid dienone is 2. The second kappa shape index (κ2) is 4.93. The molecule has 0 saturated heterocycles. The summed E-state index contributed by atoms with van der Waals surface area (Å²) in [7, 11) is -5.78. The molecule has 5 nitrogen and oxygen atoms in total. The Morgan fingerprint density at radius 2 is 1.83 bits per heavy atom. The third-order valence-corrected chi connectivity index (χ3v) is 6.82. The van der Waals surface area contributed by atoms with Gasteiger partial charge in [-0.2, -0.15) is 21.6 Å². The standard InChI is InChI=1S/C15H16F3NO4S/c1-8(20)12-7-14(9(2)21)11-5-3-10(4-6-11)13(14)19(12)24(22,23)15(16,17)18/h3,5,7,10-11,13H,4,6H2,1-2H3/t10-,11+,13-,14-/m1/s1. The van der Waals surface area contributed by atoms with Crippen LogP contribution in [0, 0.1) is 17.3 Å². The highest BCUT2D eigenvalue weighted by molar-refractivity contribution is 7.90. The number of ketones is 2. The lowest BCUT2D eigenvalue weighted by Gasteiger charge is -2.51. The second-order valence-electron chi connectivity index (χ2n) is 6.50. The van der Waals surface area contributed by atoms with Crippen molar-refractivity contribution in [3.05, 3.63) is 23.9 Å². The number of alkyl halides is 3. The predicted octanol–water partition coefficient (Wildman–Crippen LogP) is 2.16. The lowest BCUT2D eigenvalue weighted by Crippen LogP contribution is -2.59. The number of hydrogen-bond acceptors (Lipinski definition) is 4. The zero-order valence-electron chi connectivity index (χ0n) is 13.0. The van der Waals surface area contributed by atoms with E-state index < -0.39 is 56.1 Å². The lowest BCUT2D eigenvalue weighted by atomic mass is 9.55. The van der Waals surface area contributed by atoms with E-state index >= 15 is 0 Å². The van der Waals surface area contributed by atoms with Crippen molar-refractivity contribution in [3.8, 4) is 0 Å². The molecule has 1 heterocycles. The molecule has 0 amide bonds. The van der Waals surface area contributed by atoms with Gasteiger partial charge in [0, 0.05) is 6.92 Å². The molecule has 0 N–H and O–H groups in total. The van der Waals surface area contributed by atoms with E-state index in [0.29, 0.717) is 12.8 Å². The molecule has 0 radical (unpaired) electrons. The minimum Gasteiger partial charge on any atom is -0.299 e. The molecule has 132 valence electrons.